The lowest BCUT2D eigenvalue weighted by Crippen LogP contribution is -2.18. The van der Waals surface area contributed by atoms with Crippen molar-refractivity contribution in [3.05, 3.63) is 42.1 Å². The molecule has 1 fully saturated rings. The fourth-order valence-corrected chi connectivity index (χ4v) is 2.46. The van der Waals surface area contributed by atoms with Gasteiger partial charge in [-0.05, 0) is 25.0 Å². The summed E-state index contributed by atoms with van der Waals surface area (Å²) in [5.74, 6) is 0. The van der Waals surface area contributed by atoms with Crippen LogP contribution in [0.2, 0.25) is 0 Å². The highest BCUT2D eigenvalue weighted by Crippen LogP contribution is 2.12. The van der Waals surface area contributed by atoms with Gasteiger partial charge < -0.3 is 0 Å². The minimum atomic E-state index is 0.933. The molecule has 1 aliphatic heterocycles. The van der Waals surface area contributed by atoms with E-state index >= 15 is 0 Å². The maximum Gasteiger partial charge on any atom is 0.0837 e. The van der Waals surface area contributed by atoms with Crippen LogP contribution < -0.4 is 0 Å². The van der Waals surface area contributed by atoms with E-state index in [4.69, 9.17) is 0 Å². The Morgan fingerprint density at radius 3 is 2.58 bits per heavy atom. The van der Waals surface area contributed by atoms with Crippen molar-refractivity contribution in [3.63, 3.8) is 0 Å². The van der Waals surface area contributed by atoms with Gasteiger partial charge in [0.05, 0.1) is 17.4 Å². The summed E-state index contributed by atoms with van der Waals surface area (Å²) in [6.45, 7) is 2.15. The predicted molar refractivity (Wildman–Crippen MR) is 79.4 cm³/mol. The van der Waals surface area contributed by atoms with Gasteiger partial charge in [0, 0.05) is 18.5 Å². The van der Waals surface area contributed by atoms with Gasteiger partial charge in [-0.1, -0.05) is 37.1 Å². The molecule has 0 atom stereocenters. The number of fused-ring (bicyclic) bond motifs is 1. The zero-order chi connectivity index (χ0) is 12.9. The molecule has 0 amide bonds. The van der Waals surface area contributed by atoms with Crippen LogP contribution in [0.1, 0.15) is 31.4 Å². The molecule has 0 spiro atoms. The quantitative estimate of drug-likeness (QED) is 0.767. The maximum absolute atomic E-state index is 4.61. The third kappa shape index (κ3) is 3.11. The molecule has 2 aromatic rings. The smallest absolute Gasteiger partial charge is 0.0837 e. The minimum absolute atomic E-state index is 0.933. The van der Waals surface area contributed by atoms with E-state index in [1.165, 1.54) is 31.1 Å². The molecule has 3 heteroatoms. The molecule has 0 bridgehead atoms. The van der Waals surface area contributed by atoms with Gasteiger partial charge in [-0.25, -0.2) is 4.98 Å². The van der Waals surface area contributed by atoms with Crippen LogP contribution in [0.15, 0.2) is 41.5 Å². The molecule has 1 aliphatic rings. The van der Waals surface area contributed by atoms with Crippen LogP contribution in [-0.2, 0) is 0 Å². The Morgan fingerprint density at radius 1 is 0.947 bits per heavy atom. The van der Waals surface area contributed by atoms with Crippen molar-refractivity contribution < 1.29 is 0 Å². The molecule has 1 saturated heterocycles. The van der Waals surface area contributed by atoms with Crippen molar-refractivity contribution >= 4 is 17.1 Å². The summed E-state index contributed by atoms with van der Waals surface area (Å²) in [7, 11) is 0. The Morgan fingerprint density at radius 2 is 1.74 bits per heavy atom. The van der Waals surface area contributed by atoms with Gasteiger partial charge >= 0.3 is 0 Å². The van der Waals surface area contributed by atoms with Gasteiger partial charge in [0.15, 0.2) is 0 Å². The van der Waals surface area contributed by atoms with Crippen LogP contribution >= 0.6 is 0 Å². The summed E-state index contributed by atoms with van der Waals surface area (Å²) in [6.07, 6.45) is 7.06. The Bertz CT molecular complexity index is 569. The second kappa shape index (κ2) is 5.83. The van der Waals surface area contributed by atoms with Crippen molar-refractivity contribution in [2.45, 2.75) is 25.7 Å². The van der Waals surface area contributed by atoms with Crippen molar-refractivity contribution in [3.8, 4) is 0 Å². The lowest BCUT2D eigenvalue weighted by molar-refractivity contribution is 0.302. The molecule has 0 N–H and O–H groups in total. The molecule has 0 radical (unpaired) electrons. The van der Waals surface area contributed by atoms with E-state index in [0.717, 1.165) is 24.3 Å². The SMILES string of the molecule is C(=N/N1CCCCCC1)/c1ccc2ccccc2n1. The molecule has 1 aromatic carbocycles. The van der Waals surface area contributed by atoms with E-state index in [2.05, 4.69) is 27.2 Å². The van der Waals surface area contributed by atoms with Crippen molar-refractivity contribution in [2.75, 3.05) is 13.1 Å². The first-order valence-electron chi connectivity index (χ1n) is 7.06. The number of hydrogen-bond acceptors (Lipinski definition) is 3. The number of pyridine rings is 1. The summed E-state index contributed by atoms with van der Waals surface area (Å²) in [6, 6.07) is 12.3. The zero-order valence-electron chi connectivity index (χ0n) is 11.1. The number of hydrogen-bond donors (Lipinski definition) is 0. The third-order valence-electron chi connectivity index (χ3n) is 3.56. The Kier molecular flexibility index (Phi) is 3.73. The molecule has 0 aliphatic carbocycles. The van der Waals surface area contributed by atoms with Crippen LogP contribution in [0.5, 0.6) is 0 Å². The van der Waals surface area contributed by atoms with Crippen molar-refractivity contribution in [2.24, 2.45) is 5.10 Å². The first kappa shape index (κ1) is 12.2. The molecule has 0 saturated carbocycles. The summed E-state index contributed by atoms with van der Waals surface area (Å²) in [5, 5.41) is 7.91. The molecular weight excluding hydrogens is 234 g/mol. The number of aromatic nitrogens is 1. The van der Waals surface area contributed by atoms with Crippen LogP contribution in [0.3, 0.4) is 0 Å². The van der Waals surface area contributed by atoms with Crippen LogP contribution in [-0.4, -0.2) is 29.3 Å². The first-order chi connectivity index (χ1) is 9.42. The highest BCUT2D eigenvalue weighted by Gasteiger charge is 2.05. The molecule has 1 aromatic heterocycles. The number of rotatable bonds is 2. The monoisotopic (exact) mass is 253 g/mol. The predicted octanol–water partition coefficient (Wildman–Crippen LogP) is 3.44. The summed E-state index contributed by atoms with van der Waals surface area (Å²) >= 11 is 0. The summed E-state index contributed by atoms with van der Waals surface area (Å²) < 4.78 is 0. The van der Waals surface area contributed by atoms with Gasteiger partial charge in [0.25, 0.3) is 0 Å². The number of para-hydroxylation sites is 1. The second-order valence-electron chi connectivity index (χ2n) is 5.04. The summed E-state index contributed by atoms with van der Waals surface area (Å²) in [4.78, 5) is 4.61. The van der Waals surface area contributed by atoms with E-state index in [9.17, 15) is 0 Å². The topological polar surface area (TPSA) is 28.5 Å². The Labute approximate surface area is 114 Å². The fourth-order valence-electron chi connectivity index (χ4n) is 2.46. The average Bonchev–Trinajstić information content (AvgIpc) is 2.73. The van der Waals surface area contributed by atoms with Gasteiger partial charge in [-0.2, -0.15) is 5.10 Å². The highest BCUT2D eigenvalue weighted by molar-refractivity contribution is 5.84. The second-order valence-corrected chi connectivity index (χ2v) is 5.04. The van der Waals surface area contributed by atoms with E-state index < -0.39 is 0 Å². The van der Waals surface area contributed by atoms with E-state index in [-0.39, 0.29) is 0 Å². The molecule has 0 unspecified atom stereocenters. The van der Waals surface area contributed by atoms with Gasteiger partial charge in [-0.15, -0.1) is 0 Å². The molecule has 19 heavy (non-hydrogen) atoms. The third-order valence-corrected chi connectivity index (χ3v) is 3.56. The van der Waals surface area contributed by atoms with E-state index in [0.29, 0.717) is 0 Å². The van der Waals surface area contributed by atoms with Crippen LogP contribution in [0.25, 0.3) is 10.9 Å². The first-order valence-corrected chi connectivity index (χ1v) is 7.06. The van der Waals surface area contributed by atoms with Gasteiger partial charge in [0.2, 0.25) is 0 Å². The molecule has 3 nitrogen and oxygen atoms in total. The lowest BCUT2D eigenvalue weighted by Gasteiger charge is -2.15. The Balaban J connectivity index is 1.76. The highest BCUT2D eigenvalue weighted by atomic mass is 15.4. The van der Waals surface area contributed by atoms with Crippen molar-refractivity contribution in [1.82, 2.24) is 9.99 Å². The average molecular weight is 253 g/mol. The number of hydrazone groups is 1. The van der Waals surface area contributed by atoms with E-state index in [1.54, 1.807) is 0 Å². The molecule has 98 valence electrons. The standard InChI is InChI=1S/C16H19N3/c1-2-6-12-19(11-5-1)17-13-15-10-9-14-7-3-4-8-16(14)18-15/h3-4,7-10,13H,1-2,5-6,11-12H2/b17-13-. The van der Waals surface area contributed by atoms with Gasteiger partial charge in [0.1, 0.15) is 0 Å². The normalized spacial score (nSPS) is 16.9. The van der Waals surface area contributed by atoms with Crippen molar-refractivity contribution in [1.29, 1.82) is 0 Å². The number of nitrogens with zero attached hydrogens (tertiary/aromatic N) is 3. The largest absolute Gasteiger partial charge is 0.297 e. The zero-order valence-corrected chi connectivity index (χ0v) is 11.1. The summed E-state index contributed by atoms with van der Waals surface area (Å²) in [5.41, 5.74) is 1.96. The minimum Gasteiger partial charge on any atom is -0.297 e. The fraction of sp³-hybridized carbons (Fsp3) is 0.375. The molecular formula is C16H19N3. The van der Waals surface area contributed by atoms with E-state index in [1.807, 2.05) is 30.5 Å². The Hall–Kier alpha value is -1.90. The molecule has 2 heterocycles. The van der Waals surface area contributed by atoms with Crippen LogP contribution in [0, 0.1) is 0 Å². The molecule has 3 rings (SSSR count). The van der Waals surface area contributed by atoms with Gasteiger partial charge in [-0.3, -0.25) is 5.01 Å². The maximum atomic E-state index is 4.61. The number of benzene rings is 1. The lowest BCUT2D eigenvalue weighted by atomic mass is 10.2. The van der Waals surface area contributed by atoms with Crippen LogP contribution in [0.4, 0.5) is 0 Å².